The standard InChI is InChI=1S/C29H35N3O5/c1-29(2,3)37-28(36)31-23(17-20-9-5-4-6-10-20)19-26(33)25(32-27(34)35)18-21-12-14-22(15-13-21)24-11-7-8-16-30-24/h4-16,23,25-26,32-33H,17-19H2,1-3H3,(H,31,36)(H,34,35)/t23-,25-,26-/m0/s1. The highest BCUT2D eigenvalue weighted by Crippen LogP contribution is 2.19. The number of carboxylic acid groups (broad SMARTS) is 1. The highest BCUT2D eigenvalue weighted by atomic mass is 16.6. The number of carbonyl (C=O) groups is 2. The minimum absolute atomic E-state index is 0.130. The van der Waals surface area contributed by atoms with E-state index in [0.29, 0.717) is 6.42 Å². The predicted molar refractivity (Wildman–Crippen MR) is 142 cm³/mol. The molecule has 0 unspecified atom stereocenters. The molecule has 0 aliphatic heterocycles. The fourth-order valence-electron chi connectivity index (χ4n) is 4.06. The number of hydrogen-bond acceptors (Lipinski definition) is 5. The van der Waals surface area contributed by atoms with Crippen LogP contribution in [0.1, 0.15) is 38.3 Å². The van der Waals surface area contributed by atoms with Gasteiger partial charge in [-0.2, -0.15) is 0 Å². The minimum atomic E-state index is -1.23. The Hall–Kier alpha value is -3.91. The number of hydrogen-bond donors (Lipinski definition) is 4. The summed E-state index contributed by atoms with van der Waals surface area (Å²) in [5, 5.41) is 25.8. The van der Waals surface area contributed by atoms with Gasteiger partial charge in [-0.3, -0.25) is 4.98 Å². The third-order valence-electron chi connectivity index (χ3n) is 5.72. The molecule has 3 aromatic rings. The van der Waals surface area contributed by atoms with Crippen LogP contribution in [-0.4, -0.2) is 51.2 Å². The summed E-state index contributed by atoms with van der Waals surface area (Å²) < 4.78 is 5.41. The molecule has 0 spiro atoms. The molecule has 3 atom stereocenters. The van der Waals surface area contributed by atoms with Crippen molar-refractivity contribution in [1.82, 2.24) is 15.6 Å². The van der Waals surface area contributed by atoms with E-state index in [1.807, 2.05) is 72.8 Å². The maximum absolute atomic E-state index is 12.5. The number of ether oxygens (including phenoxy) is 1. The Morgan fingerprint density at radius 3 is 2.14 bits per heavy atom. The van der Waals surface area contributed by atoms with Crippen molar-refractivity contribution in [1.29, 1.82) is 0 Å². The largest absolute Gasteiger partial charge is 0.465 e. The molecule has 37 heavy (non-hydrogen) atoms. The van der Waals surface area contributed by atoms with E-state index >= 15 is 0 Å². The molecule has 1 aromatic heterocycles. The topological polar surface area (TPSA) is 121 Å². The monoisotopic (exact) mass is 505 g/mol. The number of nitrogens with zero attached hydrogens (tertiary/aromatic N) is 1. The van der Waals surface area contributed by atoms with Crippen molar-refractivity contribution in [3.05, 3.63) is 90.1 Å². The molecule has 8 nitrogen and oxygen atoms in total. The quantitative estimate of drug-likeness (QED) is 0.314. The van der Waals surface area contributed by atoms with Gasteiger partial charge in [0.25, 0.3) is 0 Å². The van der Waals surface area contributed by atoms with Gasteiger partial charge in [0.05, 0.1) is 17.8 Å². The van der Waals surface area contributed by atoms with Gasteiger partial charge in [-0.1, -0.05) is 60.7 Å². The van der Waals surface area contributed by atoms with E-state index < -0.39 is 36.0 Å². The van der Waals surface area contributed by atoms with E-state index in [9.17, 15) is 19.8 Å². The first-order valence-corrected chi connectivity index (χ1v) is 12.3. The van der Waals surface area contributed by atoms with E-state index in [4.69, 9.17) is 4.74 Å². The number of aromatic nitrogens is 1. The highest BCUT2D eigenvalue weighted by molar-refractivity contribution is 5.68. The number of alkyl carbamates (subject to hydrolysis) is 1. The van der Waals surface area contributed by atoms with Crippen LogP contribution in [0.2, 0.25) is 0 Å². The van der Waals surface area contributed by atoms with Crippen LogP contribution in [0, 0.1) is 0 Å². The lowest BCUT2D eigenvalue weighted by atomic mass is 9.93. The van der Waals surface area contributed by atoms with Gasteiger partial charge in [0.1, 0.15) is 5.60 Å². The Bertz CT molecular complexity index is 1130. The summed E-state index contributed by atoms with van der Waals surface area (Å²) in [6.45, 7) is 5.33. The number of nitrogens with one attached hydrogen (secondary N) is 2. The molecule has 0 aliphatic carbocycles. The first kappa shape index (κ1) is 27.7. The van der Waals surface area contributed by atoms with Gasteiger partial charge in [0, 0.05) is 17.8 Å². The molecule has 4 N–H and O–H groups in total. The summed E-state index contributed by atoms with van der Waals surface area (Å²) in [7, 11) is 0. The predicted octanol–water partition coefficient (Wildman–Crippen LogP) is 4.81. The molecular weight excluding hydrogens is 470 g/mol. The van der Waals surface area contributed by atoms with Crippen molar-refractivity contribution in [3.8, 4) is 11.3 Å². The van der Waals surface area contributed by atoms with Gasteiger partial charge in [-0.05, 0) is 63.3 Å². The molecule has 0 fully saturated rings. The summed E-state index contributed by atoms with van der Waals surface area (Å²) in [5.74, 6) is 0. The zero-order chi connectivity index (χ0) is 26.8. The second-order valence-corrected chi connectivity index (χ2v) is 10.0. The van der Waals surface area contributed by atoms with Crippen LogP contribution in [0.3, 0.4) is 0 Å². The molecule has 3 rings (SSSR count). The summed E-state index contributed by atoms with van der Waals surface area (Å²) in [6, 6.07) is 21.6. The highest BCUT2D eigenvalue weighted by Gasteiger charge is 2.27. The van der Waals surface area contributed by atoms with Crippen molar-refractivity contribution in [2.75, 3.05) is 0 Å². The smallest absolute Gasteiger partial charge is 0.407 e. The Balaban J connectivity index is 1.73. The maximum atomic E-state index is 12.5. The van der Waals surface area contributed by atoms with Crippen LogP contribution in [0.15, 0.2) is 79.0 Å². The molecule has 0 bridgehead atoms. The summed E-state index contributed by atoms with van der Waals surface area (Å²) >= 11 is 0. The lowest BCUT2D eigenvalue weighted by Gasteiger charge is -2.28. The summed E-state index contributed by atoms with van der Waals surface area (Å²) in [5.41, 5.74) is 2.94. The first-order valence-electron chi connectivity index (χ1n) is 12.3. The zero-order valence-electron chi connectivity index (χ0n) is 21.4. The lowest BCUT2D eigenvalue weighted by molar-refractivity contribution is 0.0467. The SMILES string of the molecule is CC(C)(C)OC(=O)N[C@@H](Cc1ccccc1)C[C@H](O)[C@H](Cc1ccc(-c2ccccn2)cc1)NC(=O)O. The average Bonchev–Trinajstić information content (AvgIpc) is 2.83. The fraction of sp³-hybridized carbons (Fsp3) is 0.345. The molecule has 2 aromatic carbocycles. The normalized spacial score (nSPS) is 13.7. The third-order valence-corrected chi connectivity index (χ3v) is 5.72. The van der Waals surface area contributed by atoms with Crippen LogP contribution in [0.25, 0.3) is 11.3 Å². The van der Waals surface area contributed by atoms with Crippen molar-refractivity contribution in [2.24, 2.45) is 0 Å². The van der Waals surface area contributed by atoms with Gasteiger partial charge in [-0.25, -0.2) is 9.59 Å². The van der Waals surface area contributed by atoms with Gasteiger partial charge in [0.15, 0.2) is 0 Å². The number of aliphatic hydroxyl groups is 1. The molecule has 0 aliphatic rings. The number of carbonyl (C=O) groups excluding carboxylic acids is 1. The van der Waals surface area contributed by atoms with E-state index in [0.717, 1.165) is 22.4 Å². The molecule has 0 radical (unpaired) electrons. The van der Waals surface area contributed by atoms with Gasteiger partial charge in [-0.15, -0.1) is 0 Å². The van der Waals surface area contributed by atoms with Crippen molar-refractivity contribution >= 4 is 12.2 Å². The molecule has 1 heterocycles. The number of amides is 2. The second kappa shape index (κ2) is 12.9. The number of aliphatic hydroxyl groups excluding tert-OH is 1. The molecule has 196 valence electrons. The average molecular weight is 506 g/mol. The van der Waals surface area contributed by atoms with Gasteiger partial charge in [0.2, 0.25) is 0 Å². The van der Waals surface area contributed by atoms with Crippen LogP contribution >= 0.6 is 0 Å². The molecule has 8 heteroatoms. The molecule has 0 saturated carbocycles. The zero-order valence-corrected chi connectivity index (χ0v) is 21.4. The number of rotatable bonds is 10. The first-order chi connectivity index (χ1) is 17.6. The molecule has 2 amide bonds. The van der Waals surface area contributed by atoms with Crippen LogP contribution < -0.4 is 10.6 Å². The van der Waals surface area contributed by atoms with E-state index in [-0.39, 0.29) is 12.8 Å². The van der Waals surface area contributed by atoms with Crippen LogP contribution in [0.4, 0.5) is 9.59 Å². The van der Waals surface area contributed by atoms with Crippen LogP contribution in [0.5, 0.6) is 0 Å². The molecule has 0 saturated heterocycles. The summed E-state index contributed by atoms with van der Waals surface area (Å²) in [4.78, 5) is 28.4. The maximum Gasteiger partial charge on any atom is 0.407 e. The minimum Gasteiger partial charge on any atom is -0.465 e. The summed E-state index contributed by atoms with van der Waals surface area (Å²) in [6.07, 6.45) is -0.289. The van der Waals surface area contributed by atoms with Gasteiger partial charge >= 0.3 is 12.2 Å². The molecular formula is C29H35N3O5. The van der Waals surface area contributed by atoms with E-state index in [1.165, 1.54) is 0 Å². The van der Waals surface area contributed by atoms with Crippen LogP contribution in [-0.2, 0) is 17.6 Å². The van der Waals surface area contributed by atoms with E-state index in [2.05, 4.69) is 15.6 Å². The Morgan fingerprint density at radius 2 is 1.54 bits per heavy atom. The second-order valence-electron chi connectivity index (χ2n) is 10.0. The van der Waals surface area contributed by atoms with Gasteiger partial charge < -0.3 is 25.6 Å². The Morgan fingerprint density at radius 1 is 0.892 bits per heavy atom. The Kier molecular flexibility index (Phi) is 9.63. The number of pyridine rings is 1. The third kappa shape index (κ3) is 9.57. The van der Waals surface area contributed by atoms with Crippen molar-refractivity contribution in [3.63, 3.8) is 0 Å². The van der Waals surface area contributed by atoms with Crippen molar-refractivity contribution in [2.45, 2.75) is 63.8 Å². The number of benzene rings is 2. The lowest BCUT2D eigenvalue weighted by Crippen LogP contribution is -2.48. The van der Waals surface area contributed by atoms with Crippen molar-refractivity contribution < 1.29 is 24.5 Å². The Labute approximate surface area is 217 Å². The fourth-order valence-corrected chi connectivity index (χ4v) is 4.06. The van der Waals surface area contributed by atoms with E-state index in [1.54, 1.807) is 27.0 Å².